The normalized spacial score (nSPS) is 18.7. The first-order valence-corrected chi connectivity index (χ1v) is 6.93. The number of methoxy groups -OCH3 is 1. The smallest absolute Gasteiger partial charge is 0.160 e. The van der Waals surface area contributed by atoms with Crippen LogP contribution in [0.3, 0.4) is 0 Å². The molecule has 0 amide bonds. The molecule has 4 nitrogen and oxygen atoms in total. The summed E-state index contributed by atoms with van der Waals surface area (Å²) < 4.78 is 11.1. The average molecular weight is 285 g/mol. The maximum atomic E-state index is 9.89. The van der Waals surface area contributed by atoms with Crippen molar-refractivity contribution in [1.29, 1.82) is 0 Å². The number of ether oxygens (including phenoxy) is 2. The minimum absolute atomic E-state index is 0.0153. The Kier molecular flexibility index (Phi) is 3.16. The summed E-state index contributed by atoms with van der Waals surface area (Å²) in [5.74, 6) is 1.48. The van der Waals surface area contributed by atoms with Crippen LogP contribution in [-0.2, 0) is 0 Å². The van der Waals surface area contributed by atoms with Crippen LogP contribution in [0.4, 0.5) is 5.69 Å². The van der Waals surface area contributed by atoms with Gasteiger partial charge in [-0.05, 0) is 32.0 Å². The average Bonchev–Trinajstić information content (AvgIpc) is 2.70. The van der Waals surface area contributed by atoms with Gasteiger partial charge in [0.15, 0.2) is 11.5 Å². The maximum absolute atomic E-state index is 9.89. The van der Waals surface area contributed by atoms with Gasteiger partial charge in [-0.15, -0.1) is 0 Å². The van der Waals surface area contributed by atoms with Crippen LogP contribution in [0.25, 0.3) is 0 Å². The summed E-state index contributed by atoms with van der Waals surface area (Å²) in [5, 5.41) is 13.3. The highest BCUT2D eigenvalue weighted by molar-refractivity contribution is 5.57. The van der Waals surface area contributed by atoms with Crippen molar-refractivity contribution in [2.45, 2.75) is 25.5 Å². The molecule has 1 aliphatic rings. The lowest BCUT2D eigenvalue weighted by molar-refractivity contribution is 0.118. The zero-order valence-corrected chi connectivity index (χ0v) is 12.4. The Morgan fingerprint density at radius 1 is 1.19 bits per heavy atom. The molecule has 1 aliphatic heterocycles. The van der Waals surface area contributed by atoms with E-state index >= 15 is 0 Å². The van der Waals surface area contributed by atoms with Gasteiger partial charge < -0.3 is 19.9 Å². The summed E-state index contributed by atoms with van der Waals surface area (Å²) in [6, 6.07) is 13.3. The largest absolute Gasteiger partial charge is 0.504 e. The third-order valence-electron chi connectivity index (χ3n) is 3.79. The zero-order valence-electron chi connectivity index (χ0n) is 12.4. The number of phenolic OH excluding ortho intramolecular Hbond substituents is 1. The van der Waals surface area contributed by atoms with Gasteiger partial charge in [-0.2, -0.15) is 0 Å². The van der Waals surface area contributed by atoms with Crippen molar-refractivity contribution in [1.82, 2.24) is 0 Å². The molecule has 4 heteroatoms. The molecule has 0 bridgehead atoms. The number of nitrogens with one attached hydrogen (secondary N) is 1. The second-order valence-electron chi connectivity index (χ2n) is 5.71. The number of aromatic hydroxyl groups is 1. The molecule has 21 heavy (non-hydrogen) atoms. The van der Waals surface area contributed by atoms with Gasteiger partial charge in [0.2, 0.25) is 0 Å². The van der Waals surface area contributed by atoms with Crippen LogP contribution < -0.4 is 14.8 Å². The Labute approximate surface area is 124 Å². The van der Waals surface area contributed by atoms with Crippen LogP contribution in [0, 0.1) is 0 Å². The molecule has 2 aromatic carbocycles. The van der Waals surface area contributed by atoms with E-state index in [9.17, 15) is 5.11 Å². The molecular weight excluding hydrogens is 266 g/mol. The van der Waals surface area contributed by atoms with Gasteiger partial charge in [0, 0.05) is 17.3 Å². The van der Waals surface area contributed by atoms with Crippen molar-refractivity contribution >= 4 is 5.69 Å². The van der Waals surface area contributed by atoms with E-state index in [-0.39, 0.29) is 17.4 Å². The highest BCUT2D eigenvalue weighted by atomic mass is 16.5. The third kappa shape index (κ3) is 2.37. The Morgan fingerprint density at radius 3 is 2.67 bits per heavy atom. The summed E-state index contributed by atoms with van der Waals surface area (Å²) in [4.78, 5) is 0. The molecular formula is C17H19NO3. The molecule has 0 saturated carbocycles. The molecule has 1 unspecified atom stereocenters. The van der Waals surface area contributed by atoms with E-state index in [0.717, 1.165) is 17.0 Å². The van der Waals surface area contributed by atoms with Crippen LogP contribution in [0.2, 0.25) is 0 Å². The van der Waals surface area contributed by atoms with Gasteiger partial charge in [-0.25, -0.2) is 0 Å². The molecule has 0 saturated heterocycles. The SMILES string of the molecule is COc1ccc(NC2c3ccccc3OC2(C)C)cc1O. The highest BCUT2D eigenvalue weighted by Gasteiger charge is 2.40. The summed E-state index contributed by atoms with van der Waals surface area (Å²) in [6.07, 6.45) is 0. The predicted molar refractivity (Wildman–Crippen MR) is 82.2 cm³/mol. The molecule has 110 valence electrons. The lowest BCUT2D eigenvalue weighted by atomic mass is 9.94. The molecule has 1 heterocycles. The minimum Gasteiger partial charge on any atom is -0.504 e. The van der Waals surface area contributed by atoms with Gasteiger partial charge in [-0.3, -0.25) is 0 Å². The molecule has 1 atom stereocenters. The predicted octanol–water partition coefficient (Wildman–Crippen LogP) is 3.73. The van der Waals surface area contributed by atoms with E-state index in [4.69, 9.17) is 9.47 Å². The Morgan fingerprint density at radius 2 is 1.95 bits per heavy atom. The lowest BCUT2D eigenvalue weighted by Gasteiger charge is -2.28. The van der Waals surface area contributed by atoms with E-state index in [1.807, 2.05) is 38.1 Å². The van der Waals surface area contributed by atoms with Crippen LogP contribution in [0.5, 0.6) is 17.2 Å². The van der Waals surface area contributed by atoms with E-state index in [0.29, 0.717) is 5.75 Å². The van der Waals surface area contributed by atoms with Crippen LogP contribution in [-0.4, -0.2) is 17.8 Å². The van der Waals surface area contributed by atoms with Crippen LogP contribution >= 0.6 is 0 Å². The van der Waals surface area contributed by atoms with Crippen LogP contribution in [0.15, 0.2) is 42.5 Å². The first-order valence-electron chi connectivity index (χ1n) is 6.93. The second kappa shape index (κ2) is 4.88. The van der Waals surface area contributed by atoms with Gasteiger partial charge in [0.1, 0.15) is 11.4 Å². The number of hydrogen-bond acceptors (Lipinski definition) is 4. The number of benzene rings is 2. The zero-order chi connectivity index (χ0) is 15.0. The van der Waals surface area contributed by atoms with Crippen molar-refractivity contribution in [3.05, 3.63) is 48.0 Å². The van der Waals surface area contributed by atoms with Crippen molar-refractivity contribution in [3.63, 3.8) is 0 Å². The maximum Gasteiger partial charge on any atom is 0.160 e. The summed E-state index contributed by atoms with van der Waals surface area (Å²) in [6.45, 7) is 4.10. The van der Waals surface area contributed by atoms with Gasteiger partial charge in [-0.1, -0.05) is 18.2 Å². The standard InChI is InChI=1S/C17H19NO3/c1-17(2)16(12-6-4-5-7-14(12)21-17)18-11-8-9-15(20-3)13(19)10-11/h4-10,16,18-19H,1-3H3. The first kappa shape index (κ1) is 13.6. The molecule has 0 aliphatic carbocycles. The quantitative estimate of drug-likeness (QED) is 0.902. The second-order valence-corrected chi connectivity index (χ2v) is 5.71. The Bertz CT molecular complexity index is 667. The number of para-hydroxylation sites is 1. The molecule has 0 radical (unpaired) electrons. The molecule has 0 fully saturated rings. The Balaban J connectivity index is 1.92. The molecule has 2 N–H and O–H groups in total. The molecule has 3 rings (SSSR count). The number of fused-ring (bicyclic) bond motifs is 1. The van der Waals surface area contributed by atoms with Gasteiger partial charge >= 0.3 is 0 Å². The van der Waals surface area contributed by atoms with Crippen molar-refractivity contribution in [2.24, 2.45) is 0 Å². The van der Waals surface area contributed by atoms with Gasteiger partial charge in [0.05, 0.1) is 13.2 Å². The van der Waals surface area contributed by atoms with E-state index in [2.05, 4.69) is 11.4 Å². The molecule has 0 spiro atoms. The van der Waals surface area contributed by atoms with Crippen LogP contribution in [0.1, 0.15) is 25.5 Å². The molecule has 0 aromatic heterocycles. The summed E-state index contributed by atoms with van der Waals surface area (Å²) in [7, 11) is 1.53. The topological polar surface area (TPSA) is 50.7 Å². The monoisotopic (exact) mass is 285 g/mol. The fourth-order valence-corrected chi connectivity index (χ4v) is 2.73. The van der Waals surface area contributed by atoms with Gasteiger partial charge in [0.25, 0.3) is 0 Å². The lowest BCUT2D eigenvalue weighted by Crippen LogP contribution is -2.34. The fraction of sp³-hybridized carbons (Fsp3) is 0.294. The first-order chi connectivity index (χ1) is 10.0. The number of phenols is 1. The van der Waals surface area contributed by atoms with Crippen molar-refractivity contribution < 1.29 is 14.6 Å². The fourth-order valence-electron chi connectivity index (χ4n) is 2.73. The number of anilines is 1. The summed E-state index contributed by atoms with van der Waals surface area (Å²) >= 11 is 0. The van der Waals surface area contributed by atoms with Crippen molar-refractivity contribution in [2.75, 3.05) is 12.4 Å². The highest BCUT2D eigenvalue weighted by Crippen LogP contribution is 2.45. The molecule has 2 aromatic rings. The Hall–Kier alpha value is -2.36. The minimum atomic E-state index is -0.362. The number of hydrogen-bond donors (Lipinski definition) is 2. The number of rotatable bonds is 3. The third-order valence-corrected chi connectivity index (χ3v) is 3.79. The summed E-state index contributed by atoms with van der Waals surface area (Å²) in [5.41, 5.74) is 1.59. The van der Waals surface area contributed by atoms with E-state index in [1.54, 1.807) is 12.1 Å². The van der Waals surface area contributed by atoms with E-state index < -0.39 is 0 Å². The van der Waals surface area contributed by atoms with Crippen molar-refractivity contribution in [3.8, 4) is 17.2 Å². The van der Waals surface area contributed by atoms with E-state index in [1.165, 1.54) is 7.11 Å².